The van der Waals surface area contributed by atoms with Crippen LogP contribution >= 0.6 is 0 Å². The van der Waals surface area contributed by atoms with Gasteiger partial charge >= 0.3 is 5.97 Å². The zero-order valence-corrected chi connectivity index (χ0v) is 26.8. The molecule has 5 nitrogen and oxygen atoms in total. The Morgan fingerprint density at radius 3 is 1.91 bits per heavy atom. The summed E-state index contributed by atoms with van der Waals surface area (Å²) in [5.41, 5.74) is 7.68. The topological polar surface area (TPSA) is 54.0 Å². The molecule has 5 heteroatoms. The van der Waals surface area contributed by atoms with Gasteiger partial charge in [0.1, 0.15) is 5.75 Å². The monoisotopic (exact) mass is 612 g/mol. The average molecular weight is 613 g/mol. The van der Waals surface area contributed by atoms with Crippen LogP contribution < -0.4 is 14.2 Å². The van der Waals surface area contributed by atoms with Gasteiger partial charge in [-0.15, -0.1) is 0 Å². The van der Waals surface area contributed by atoms with Crippen LogP contribution in [0.25, 0.3) is 21.9 Å². The van der Waals surface area contributed by atoms with Gasteiger partial charge in [-0.25, -0.2) is 4.79 Å². The molecule has 0 spiro atoms. The number of benzene rings is 5. The second-order valence-electron chi connectivity index (χ2n) is 11.8. The molecule has 0 saturated carbocycles. The first-order valence-corrected chi connectivity index (χ1v) is 15.9. The van der Waals surface area contributed by atoms with Gasteiger partial charge in [-0.3, -0.25) is 0 Å². The molecule has 6 rings (SSSR count). The SMILES string of the molecule is C=CC(=O)OCCCCCCOc1ccc(C2(c3ccc(C)cc3)c3cc(OC)c(OC)cc3-c3cc4ccccc4cc32)cc1. The number of fused-ring (bicyclic) bond motifs is 4. The van der Waals surface area contributed by atoms with Gasteiger partial charge in [-0.2, -0.15) is 0 Å². The number of ether oxygens (including phenoxy) is 4. The molecule has 1 atom stereocenters. The Hall–Kier alpha value is -5.03. The van der Waals surface area contributed by atoms with Gasteiger partial charge in [0.2, 0.25) is 0 Å². The second kappa shape index (κ2) is 13.5. The summed E-state index contributed by atoms with van der Waals surface area (Å²) in [4.78, 5) is 11.2. The standard InChI is InChI=1S/C41H40O5/c1-5-40(42)46-23-11-7-6-10-22-45-33-20-18-32(19-21-33)41(31-16-14-28(2)15-17-31)36-25-30-13-9-8-12-29(30)24-34(36)35-26-38(43-3)39(44-4)27-37(35)41/h5,8-9,12-21,24-27H,1,6-7,10-11,22-23H2,2-4H3. The molecular weight excluding hydrogens is 572 g/mol. The number of methoxy groups -OCH3 is 2. The number of rotatable bonds is 13. The normalized spacial score (nSPS) is 14.8. The number of esters is 1. The molecule has 1 aliphatic rings. The Labute approximate surface area is 271 Å². The molecule has 0 amide bonds. The highest BCUT2D eigenvalue weighted by molar-refractivity contribution is 5.96. The van der Waals surface area contributed by atoms with Gasteiger partial charge in [0.05, 0.1) is 32.8 Å². The zero-order valence-electron chi connectivity index (χ0n) is 26.8. The predicted octanol–water partition coefficient (Wildman–Crippen LogP) is 9.20. The van der Waals surface area contributed by atoms with E-state index in [9.17, 15) is 4.79 Å². The van der Waals surface area contributed by atoms with Crippen molar-refractivity contribution in [2.75, 3.05) is 27.4 Å². The summed E-state index contributed by atoms with van der Waals surface area (Å²) in [5, 5.41) is 2.39. The van der Waals surface area contributed by atoms with Crippen LogP contribution in [0.5, 0.6) is 17.2 Å². The first-order valence-electron chi connectivity index (χ1n) is 15.9. The molecule has 0 saturated heterocycles. The van der Waals surface area contributed by atoms with Gasteiger partial charge in [-0.05, 0) is 113 Å². The molecule has 0 bridgehead atoms. The van der Waals surface area contributed by atoms with Crippen molar-refractivity contribution in [3.63, 3.8) is 0 Å². The second-order valence-corrected chi connectivity index (χ2v) is 11.8. The van der Waals surface area contributed by atoms with Crippen LogP contribution in [0, 0.1) is 6.92 Å². The molecule has 5 aromatic carbocycles. The lowest BCUT2D eigenvalue weighted by Crippen LogP contribution is -2.28. The first kappa shape index (κ1) is 31.0. The fraction of sp³-hybridized carbons (Fsp3) is 0.244. The van der Waals surface area contributed by atoms with Gasteiger partial charge in [-0.1, -0.05) is 72.8 Å². The summed E-state index contributed by atoms with van der Waals surface area (Å²) >= 11 is 0. The predicted molar refractivity (Wildman–Crippen MR) is 184 cm³/mol. The van der Waals surface area contributed by atoms with E-state index in [1.165, 1.54) is 39.1 Å². The first-order chi connectivity index (χ1) is 22.5. The maximum atomic E-state index is 11.2. The van der Waals surface area contributed by atoms with E-state index in [1.54, 1.807) is 14.2 Å². The Balaban J connectivity index is 1.38. The highest BCUT2D eigenvalue weighted by atomic mass is 16.5. The maximum Gasteiger partial charge on any atom is 0.330 e. The van der Waals surface area contributed by atoms with Gasteiger partial charge in [0.25, 0.3) is 0 Å². The summed E-state index contributed by atoms with van der Waals surface area (Å²) in [6.07, 6.45) is 4.95. The lowest BCUT2D eigenvalue weighted by Gasteiger charge is -2.34. The molecule has 0 fully saturated rings. The summed E-state index contributed by atoms with van der Waals surface area (Å²) in [6.45, 7) is 6.60. The van der Waals surface area contributed by atoms with Crippen molar-refractivity contribution in [3.05, 3.63) is 138 Å². The molecule has 1 aliphatic carbocycles. The van der Waals surface area contributed by atoms with E-state index in [-0.39, 0.29) is 5.97 Å². The highest BCUT2D eigenvalue weighted by Crippen LogP contribution is 2.59. The smallest absolute Gasteiger partial charge is 0.330 e. The summed E-state index contributed by atoms with van der Waals surface area (Å²) in [5.74, 6) is 1.88. The molecule has 5 aromatic rings. The van der Waals surface area contributed by atoms with Crippen LogP contribution in [0.15, 0.2) is 110 Å². The van der Waals surface area contributed by atoms with Crippen molar-refractivity contribution < 1.29 is 23.7 Å². The van der Waals surface area contributed by atoms with E-state index in [0.717, 1.165) is 48.1 Å². The minimum atomic E-state index is -0.588. The van der Waals surface area contributed by atoms with Crippen molar-refractivity contribution in [1.82, 2.24) is 0 Å². The Morgan fingerprint density at radius 1 is 0.696 bits per heavy atom. The molecule has 0 radical (unpaired) electrons. The summed E-state index contributed by atoms with van der Waals surface area (Å²) in [6, 6.07) is 34.9. The van der Waals surface area contributed by atoms with E-state index in [0.29, 0.717) is 24.7 Å². The van der Waals surface area contributed by atoms with E-state index in [4.69, 9.17) is 18.9 Å². The molecule has 0 aliphatic heterocycles. The molecule has 0 N–H and O–H groups in total. The van der Waals surface area contributed by atoms with Crippen LogP contribution in [0.3, 0.4) is 0 Å². The van der Waals surface area contributed by atoms with Gasteiger partial charge < -0.3 is 18.9 Å². The minimum Gasteiger partial charge on any atom is -0.494 e. The summed E-state index contributed by atoms with van der Waals surface area (Å²) < 4.78 is 22.9. The van der Waals surface area contributed by atoms with Crippen LogP contribution in [-0.4, -0.2) is 33.4 Å². The van der Waals surface area contributed by atoms with Crippen molar-refractivity contribution in [1.29, 1.82) is 0 Å². The quantitative estimate of drug-likeness (QED) is 0.0739. The largest absolute Gasteiger partial charge is 0.494 e. The molecule has 0 aromatic heterocycles. The fourth-order valence-corrected chi connectivity index (χ4v) is 6.70. The number of aryl methyl sites for hydroxylation is 1. The van der Waals surface area contributed by atoms with Crippen LogP contribution in [0.1, 0.15) is 53.5 Å². The molecule has 1 unspecified atom stereocenters. The highest BCUT2D eigenvalue weighted by Gasteiger charge is 2.47. The van der Waals surface area contributed by atoms with Crippen LogP contribution in [-0.2, 0) is 14.9 Å². The third kappa shape index (κ3) is 5.74. The average Bonchev–Trinajstić information content (AvgIpc) is 3.36. The van der Waals surface area contributed by atoms with Gasteiger partial charge in [0.15, 0.2) is 11.5 Å². The number of carbonyl (C=O) groups excluding carboxylic acids is 1. The zero-order chi connectivity index (χ0) is 32.1. The Kier molecular flexibility index (Phi) is 9.11. The molecule has 234 valence electrons. The number of unbranched alkanes of at least 4 members (excludes halogenated alkanes) is 3. The lowest BCUT2D eigenvalue weighted by molar-refractivity contribution is -0.137. The number of hydrogen-bond donors (Lipinski definition) is 0. The molecule has 46 heavy (non-hydrogen) atoms. The third-order valence-corrected chi connectivity index (χ3v) is 9.00. The van der Waals surface area contributed by atoms with Crippen molar-refractivity contribution in [2.24, 2.45) is 0 Å². The number of hydrogen-bond acceptors (Lipinski definition) is 5. The lowest BCUT2D eigenvalue weighted by atomic mass is 9.67. The van der Waals surface area contributed by atoms with E-state index in [2.05, 4.69) is 111 Å². The van der Waals surface area contributed by atoms with E-state index < -0.39 is 5.41 Å². The fourth-order valence-electron chi connectivity index (χ4n) is 6.70. The van der Waals surface area contributed by atoms with Gasteiger partial charge in [0, 0.05) is 6.08 Å². The molecule has 0 heterocycles. The Bertz CT molecular complexity index is 1860. The molecular formula is C41H40O5. The minimum absolute atomic E-state index is 0.368. The van der Waals surface area contributed by atoms with Crippen LogP contribution in [0.2, 0.25) is 0 Å². The van der Waals surface area contributed by atoms with Crippen molar-refractivity contribution in [3.8, 4) is 28.4 Å². The van der Waals surface area contributed by atoms with Crippen LogP contribution in [0.4, 0.5) is 0 Å². The number of carbonyl (C=O) groups is 1. The summed E-state index contributed by atoms with van der Waals surface area (Å²) in [7, 11) is 3.38. The third-order valence-electron chi connectivity index (χ3n) is 9.00. The Morgan fingerprint density at radius 2 is 1.26 bits per heavy atom. The van der Waals surface area contributed by atoms with E-state index >= 15 is 0 Å². The van der Waals surface area contributed by atoms with E-state index in [1.807, 2.05) is 0 Å². The maximum absolute atomic E-state index is 11.2. The van der Waals surface area contributed by atoms with Crippen molar-refractivity contribution in [2.45, 2.75) is 38.0 Å². The van der Waals surface area contributed by atoms with Crippen molar-refractivity contribution >= 4 is 16.7 Å².